The van der Waals surface area contributed by atoms with Crippen molar-refractivity contribution in [3.8, 4) is 0 Å². The van der Waals surface area contributed by atoms with Gasteiger partial charge in [-0.15, -0.1) is 0 Å². The van der Waals surface area contributed by atoms with Crippen LogP contribution < -0.4 is 10.9 Å². The maximum atomic E-state index is 12.9. The van der Waals surface area contributed by atoms with E-state index in [2.05, 4.69) is 15.8 Å². The Balaban J connectivity index is 1.31. The minimum atomic E-state index is -0.260. The Labute approximate surface area is 164 Å². The summed E-state index contributed by atoms with van der Waals surface area (Å²) in [6, 6.07) is 11.3. The smallest absolute Gasteiger partial charge is 0.253 e. The molecule has 146 valence electrons. The molecule has 2 aromatic rings. The van der Waals surface area contributed by atoms with Crippen molar-refractivity contribution in [2.24, 2.45) is 0 Å². The van der Waals surface area contributed by atoms with Crippen LogP contribution in [-0.4, -0.2) is 58.8 Å². The van der Waals surface area contributed by atoms with Gasteiger partial charge in [-0.05, 0) is 37.1 Å². The number of aromatic nitrogens is 1. The third-order valence-corrected chi connectivity index (χ3v) is 5.47. The lowest BCUT2D eigenvalue weighted by molar-refractivity contribution is -0.134. The monoisotopic (exact) mass is 379 g/mol. The fourth-order valence-electron chi connectivity index (χ4n) is 3.75. The standard InChI is InChI=1S/C21H25N5O2/c1-15-4-6-16(7-5-15)20(27)25-9-11-26(12-10-25)21(28)19-13-18(23-24-19)17-3-2-8-22-14-17/h2-8,14,18-19,23-24H,9-13H2,1H3. The lowest BCUT2D eigenvalue weighted by atomic mass is 10.0. The minimum absolute atomic E-state index is 0.0319. The number of nitrogens with one attached hydrogen (secondary N) is 2. The highest BCUT2D eigenvalue weighted by Crippen LogP contribution is 2.22. The Bertz CT molecular complexity index is 832. The van der Waals surface area contributed by atoms with Gasteiger partial charge in [-0.3, -0.25) is 14.6 Å². The highest BCUT2D eigenvalue weighted by Gasteiger charge is 2.34. The second kappa shape index (κ2) is 8.08. The van der Waals surface area contributed by atoms with Gasteiger partial charge in [0.25, 0.3) is 5.91 Å². The summed E-state index contributed by atoms with van der Waals surface area (Å²) >= 11 is 0. The van der Waals surface area contributed by atoms with Gasteiger partial charge in [-0.2, -0.15) is 0 Å². The molecule has 0 spiro atoms. The van der Waals surface area contributed by atoms with E-state index in [1.54, 1.807) is 6.20 Å². The van der Waals surface area contributed by atoms with Gasteiger partial charge in [-0.25, -0.2) is 10.9 Å². The second-order valence-corrected chi connectivity index (χ2v) is 7.40. The third-order valence-electron chi connectivity index (χ3n) is 5.47. The SMILES string of the molecule is Cc1ccc(C(=O)N2CCN(C(=O)C3CC(c4cccnc4)NN3)CC2)cc1. The van der Waals surface area contributed by atoms with E-state index >= 15 is 0 Å². The zero-order chi connectivity index (χ0) is 19.5. The van der Waals surface area contributed by atoms with Crippen LogP contribution in [0.5, 0.6) is 0 Å². The third kappa shape index (κ3) is 3.90. The number of nitrogens with zero attached hydrogens (tertiary/aromatic N) is 3. The molecule has 2 aliphatic rings. The van der Waals surface area contributed by atoms with Crippen molar-refractivity contribution in [2.75, 3.05) is 26.2 Å². The summed E-state index contributed by atoms with van der Waals surface area (Å²) < 4.78 is 0. The molecule has 2 unspecified atom stereocenters. The lowest BCUT2D eigenvalue weighted by Crippen LogP contribution is -2.54. The van der Waals surface area contributed by atoms with E-state index in [-0.39, 0.29) is 23.9 Å². The summed E-state index contributed by atoms with van der Waals surface area (Å²) in [6.45, 7) is 4.25. The summed E-state index contributed by atoms with van der Waals surface area (Å²) in [5, 5.41) is 0. The molecule has 3 heterocycles. The summed E-state index contributed by atoms with van der Waals surface area (Å²) in [7, 11) is 0. The van der Waals surface area contributed by atoms with Gasteiger partial charge in [0.15, 0.2) is 0 Å². The Morgan fingerprint density at radius 1 is 1.00 bits per heavy atom. The predicted molar refractivity (Wildman–Crippen MR) is 105 cm³/mol. The lowest BCUT2D eigenvalue weighted by Gasteiger charge is -2.36. The van der Waals surface area contributed by atoms with Crippen molar-refractivity contribution < 1.29 is 9.59 Å². The maximum absolute atomic E-state index is 12.9. The van der Waals surface area contributed by atoms with Gasteiger partial charge >= 0.3 is 0 Å². The fraction of sp³-hybridized carbons (Fsp3) is 0.381. The molecule has 2 saturated heterocycles. The fourth-order valence-corrected chi connectivity index (χ4v) is 3.75. The number of amides is 2. The van der Waals surface area contributed by atoms with Gasteiger partial charge in [0.05, 0.1) is 0 Å². The van der Waals surface area contributed by atoms with E-state index in [4.69, 9.17) is 0 Å². The van der Waals surface area contributed by atoms with Crippen LogP contribution in [0.2, 0.25) is 0 Å². The molecule has 2 fully saturated rings. The number of carbonyl (C=O) groups excluding carboxylic acids is 2. The summed E-state index contributed by atoms with van der Waals surface area (Å²) in [4.78, 5) is 33.3. The van der Waals surface area contributed by atoms with Gasteiger partial charge in [-0.1, -0.05) is 23.8 Å². The number of pyridine rings is 1. The van der Waals surface area contributed by atoms with Crippen molar-refractivity contribution in [1.29, 1.82) is 0 Å². The molecule has 1 aromatic carbocycles. The first-order valence-electron chi connectivity index (χ1n) is 9.67. The van der Waals surface area contributed by atoms with Crippen molar-refractivity contribution >= 4 is 11.8 Å². The number of hydrogen-bond donors (Lipinski definition) is 2. The Morgan fingerprint density at radius 3 is 2.39 bits per heavy atom. The topological polar surface area (TPSA) is 77.6 Å². The molecular weight excluding hydrogens is 354 g/mol. The number of carbonyl (C=O) groups is 2. The molecule has 2 amide bonds. The quantitative estimate of drug-likeness (QED) is 0.840. The molecular formula is C21H25N5O2. The molecule has 2 N–H and O–H groups in total. The number of piperazine rings is 1. The van der Waals surface area contributed by atoms with E-state index in [1.165, 1.54) is 0 Å². The van der Waals surface area contributed by atoms with E-state index in [1.807, 2.05) is 59.3 Å². The van der Waals surface area contributed by atoms with Crippen molar-refractivity contribution in [1.82, 2.24) is 25.6 Å². The molecule has 0 saturated carbocycles. The number of rotatable bonds is 3. The van der Waals surface area contributed by atoms with Crippen LogP contribution >= 0.6 is 0 Å². The predicted octanol–water partition coefficient (Wildman–Crippen LogP) is 1.28. The molecule has 0 aliphatic carbocycles. The highest BCUT2D eigenvalue weighted by atomic mass is 16.2. The molecule has 28 heavy (non-hydrogen) atoms. The summed E-state index contributed by atoms with van der Waals surface area (Å²) in [5.74, 6) is 0.116. The first-order valence-corrected chi connectivity index (χ1v) is 9.67. The Hall–Kier alpha value is -2.77. The van der Waals surface area contributed by atoms with Crippen LogP contribution in [0.1, 0.15) is 33.9 Å². The minimum Gasteiger partial charge on any atom is -0.338 e. The van der Waals surface area contributed by atoms with Crippen LogP contribution in [0.15, 0.2) is 48.8 Å². The largest absolute Gasteiger partial charge is 0.338 e. The van der Waals surface area contributed by atoms with Crippen molar-refractivity contribution in [3.05, 3.63) is 65.5 Å². The number of aryl methyl sites for hydroxylation is 1. The van der Waals surface area contributed by atoms with Crippen LogP contribution in [0.25, 0.3) is 0 Å². The number of hydrogen-bond acceptors (Lipinski definition) is 5. The van der Waals surface area contributed by atoms with Crippen LogP contribution in [0.3, 0.4) is 0 Å². The second-order valence-electron chi connectivity index (χ2n) is 7.40. The first kappa shape index (κ1) is 18.6. The van der Waals surface area contributed by atoms with E-state index in [9.17, 15) is 9.59 Å². The average molecular weight is 379 g/mol. The van der Waals surface area contributed by atoms with Gasteiger partial charge in [0, 0.05) is 50.2 Å². The van der Waals surface area contributed by atoms with E-state index in [0.29, 0.717) is 38.2 Å². The van der Waals surface area contributed by atoms with Gasteiger partial charge in [0.1, 0.15) is 6.04 Å². The highest BCUT2D eigenvalue weighted by molar-refractivity contribution is 5.94. The molecule has 7 nitrogen and oxygen atoms in total. The van der Waals surface area contributed by atoms with Gasteiger partial charge < -0.3 is 9.80 Å². The number of hydrazine groups is 1. The van der Waals surface area contributed by atoms with E-state index < -0.39 is 0 Å². The van der Waals surface area contributed by atoms with E-state index in [0.717, 1.165) is 11.1 Å². The number of benzene rings is 1. The molecule has 2 atom stereocenters. The average Bonchev–Trinajstić information content (AvgIpc) is 3.24. The van der Waals surface area contributed by atoms with Crippen LogP contribution in [0, 0.1) is 6.92 Å². The molecule has 7 heteroatoms. The van der Waals surface area contributed by atoms with Crippen LogP contribution in [0.4, 0.5) is 0 Å². The molecule has 4 rings (SSSR count). The van der Waals surface area contributed by atoms with Crippen molar-refractivity contribution in [2.45, 2.75) is 25.4 Å². The van der Waals surface area contributed by atoms with Gasteiger partial charge in [0.2, 0.25) is 5.91 Å². The Morgan fingerprint density at radius 2 is 1.71 bits per heavy atom. The normalized spacial score (nSPS) is 22.3. The first-order chi connectivity index (χ1) is 13.6. The molecule has 2 aliphatic heterocycles. The molecule has 1 aromatic heterocycles. The summed E-state index contributed by atoms with van der Waals surface area (Å²) in [5.41, 5.74) is 9.21. The summed E-state index contributed by atoms with van der Waals surface area (Å²) in [6.07, 6.45) is 4.25. The molecule has 0 radical (unpaired) electrons. The zero-order valence-corrected chi connectivity index (χ0v) is 16.0. The zero-order valence-electron chi connectivity index (χ0n) is 16.0. The maximum Gasteiger partial charge on any atom is 0.253 e. The Kier molecular flexibility index (Phi) is 5.36. The molecule has 0 bridgehead atoms. The van der Waals surface area contributed by atoms with Crippen LogP contribution in [-0.2, 0) is 4.79 Å². The van der Waals surface area contributed by atoms with Crippen molar-refractivity contribution in [3.63, 3.8) is 0 Å².